The van der Waals surface area contributed by atoms with Crippen LogP contribution in [0.1, 0.15) is 30.2 Å². The van der Waals surface area contributed by atoms with Gasteiger partial charge in [0, 0.05) is 30.6 Å². The van der Waals surface area contributed by atoms with Gasteiger partial charge in [-0.2, -0.15) is 0 Å². The molecule has 0 bridgehead atoms. The van der Waals surface area contributed by atoms with Gasteiger partial charge in [0.15, 0.2) is 5.96 Å². The number of halogens is 1. The zero-order valence-corrected chi connectivity index (χ0v) is 21.0. The van der Waals surface area contributed by atoms with Crippen molar-refractivity contribution in [3.63, 3.8) is 0 Å². The lowest BCUT2D eigenvalue weighted by Crippen LogP contribution is -2.44. The van der Waals surface area contributed by atoms with Gasteiger partial charge in [-0.15, -0.1) is 35.3 Å². The summed E-state index contributed by atoms with van der Waals surface area (Å²) in [6, 6.07) is 14.3. The van der Waals surface area contributed by atoms with Crippen molar-refractivity contribution in [1.82, 2.24) is 15.5 Å². The summed E-state index contributed by atoms with van der Waals surface area (Å²) in [6.45, 7) is 6.10. The number of benzene rings is 1. The maximum Gasteiger partial charge on any atom is 0.247 e. The number of thiophene rings is 1. The Morgan fingerprint density at radius 2 is 2.00 bits per heavy atom. The predicted octanol–water partition coefficient (Wildman–Crippen LogP) is 2.73. The number of sulfonamides is 1. The third-order valence-electron chi connectivity index (χ3n) is 4.89. The molecule has 0 aliphatic carbocycles. The van der Waals surface area contributed by atoms with E-state index in [-0.39, 0.29) is 28.2 Å². The number of rotatable bonds is 8. The Bertz CT molecular complexity index is 918. The average Bonchev–Trinajstić information content (AvgIpc) is 3.34. The Morgan fingerprint density at radius 3 is 2.67 bits per heavy atom. The minimum atomic E-state index is -3.65. The highest BCUT2D eigenvalue weighted by molar-refractivity contribution is 14.0. The molecule has 30 heavy (non-hydrogen) atoms. The Hall–Kier alpha value is -1.21. The maximum absolute atomic E-state index is 11.4. The lowest BCUT2D eigenvalue weighted by molar-refractivity contribution is 0.245. The van der Waals surface area contributed by atoms with E-state index in [0.29, 0.717) is 12.6 Å². The highest BCUT2D eigenvalue weighted by Gasteiger charge is 2.24. The second-order valence-corrected chi connectivity index (χ2v) is 10.1. The van der Waals surface area contributed by atoms with Crippen molar-refractivity contribution in [2.24, 2.45) is 10.1 Å². The van der Waals surface area contributed by atoms with E-state index in [1.807, 2.05) is 13.0 Å². The zero-order valence-electron chi connectivity index (χ0n) is 17.1. The second-order valence-electron chi connectivity index (χ2n) is 7.09. The predicted molar refractivity (Wildman–Crippen MR) is 134 cm³/mol. The molecule has 0 spiro atoms. The van der Waals surface area contributed by atoms with Gasteiger partial charge in [0.25, 0.3) is 0 Å². The van der Waals surface area contributed by atoms with E-state index < -0.39 is 10.0 Å². The lowest BCUT2D eigenvalue weighted by Gasteiger charge is -2.25. The summed E-state index contributed by atoms with van der Waals surface area (Å²) in [6.07, 6.45) is 2.38. The van der Waals surface area contributed by atoms with E-state index in [2.05, 4.69) is 44.8 Å². The van der Waals surface area contributed by atoms with Crippen molar-refractivity contribution in [1.29, 1.82) is 0 Å². The van der Waals surface area contributed by atoms with Crippen LogP contribution < -0.4 is 15.8 Å². The van der Waals surface area contributed by atoms with Crippen LogP contribution in [0.2, 0.25) is 0 Å². The zero-order chi connectivity index (χ0) is 20.7. The number of primary sulfonamides is 1. The lowest BCUT2D eigenvalue weighted by atomic mass is 10.2. The Labute approximate surface area is 200 Å². The van der Waals surface area contributed by atoms with Crippen LogP contribution in [0.5, 0.6) is 0 Å². The number of nitrogens with one attached hydrogen (secondary N) is 2. The van der Waals surface area contributed by atoms with Crippen LogP contribution in [0.15, 0.2) is 51.7 Å². The number of hydrogen-bond donors (Lipinski definition) is 3. The molecule has 1 aromatic heterocycles. The molecule has 7 nitrogen and oxygen atoms in total. The molecule has 2 aromatic rings. The molecule has 0 saturated carbocycles. The van der Waals surface area contributed by atoms with Crippen LogP contribution in [-0.2, 0) is 23.1 Å². The van der Waals surface area contributed by atoms with Gasteiger partial charge in [0.2, 0.25) is 10.0 Å². The van der Waals surface area contributed by atoms with E-state index in [1.165, 1.54) is 24.5 Å². The normalized spacial score (nSPS) is 17.5. The van der Waals surface area contributed by atoms with Crippen LogP contribution in [0.25, 0.3) is 0 Å². The summed E-state index contributed by atoms with van der Waals surface area (Å²) in [5, 5.41) is 11.9. The molecule has 1 aliphatic rings. The molecule has 166 valence electrons. The van der Waals surface area contributed by atoms with Gasteiger partial charge in [-0.3, -0.25) is 4.90 Å². The number of guanidine groups is 1. The van der Waals surface area contributed by atoms with Gasteiger partial charge >= 0.3 is 0 Å². The topological polar surface area (TPSA) is 99.8 Å². The summed E-state index contributed by atoms with van der Waals surface area (Å²) in [5.74, 6) is 0.740. The minimum absolute atomic E-state index is 0. The smallest absolute Gasteiger partial charge is 0.247 e. The SMILES string of the molecule is CCNC(=NCc1ccc(S(N)(=O)=O)s1)NCC1CCCN1Cc1ccccc1.I. The van der Waals surface area contributed by atoms with Crippen LogP contribution in [0.4, 0.5) is 0 Å². The standard InChI is InChI=1S/C20H29N5O2S2.HI/c1-2-22-20(24-14-18-10-11-19(28-18)29(21,26)27)23-13-17-9-6-12-25(17)15-16-7-4-3-5-8-16;/h3-5,7-8,10-11,17H,2,6,9,12-15H2,1H3,(H2,21,26,27)(H2,22,23,24);1H. The molecule has 1 saturated heterocycles. The van der Waals surface area contributed by atoms with Crippen LogP contribution in [0.3, 0.4) is 0 Å². The van der Waals surface area contributed by atoms with E-state index in [1.54, 1.807) is 6.07 Å². The average molecular weight is 564 g/mol. The Kier molecular flexibility index (Phi) is 10.0. The summed E-state index contributed by atoms with van der Waals surface area (Å²) in [5.41, 5.74) is 1.34. The van der Waals surface area contributed by atoms with Crippen LogP contribution >= 0.6 is 35.3 Å². The van der Waals surface area contributed by atoms with Crippen molar-refractivity contribution in [3.8, 4) is 0 Å². The van der Waals surface area contributed by atoms with E-state index >= 15 is 0 Å². The van der Waals surface area contributed by atoms with Gasteiger partial charge in [0.1, 0.15) is 4.21 Å². The number of nitrogens with zero attached hydrogens (tertiary/aromatic N) is 2. The first-order valence-corrected chi connectivity index (χ1v) is 12.2. The highest BCUT2D eigenvalue weighted by atomic mass is 127. The van der Waals surface area contributed by atoms with Gasteiger partial charge in [0.05, 0.1) is 6.54 Å². The highest BCUT2D eigenvalue weighted by Crippen LogP contribution is 2.21. The largest absolute Gasteiger partial charge is 0.357 e. The summed E-state index contributed by atoms with van der Waals surface area (Å²) >= 11 is 1.16. The molecule has 1 unspecified atom stereocenters. The van der Waals surface area contributed by atoms with Gasteiger partial charge in [-0.05, 0) is 44.0 Å². The molecule has 4 N–H and O–H groups in total. The molecular weight excluding hydrogens is 533 g/mol. The van der Waals surface area contributed by atoms with Gasteiger partial charge in [-0.25, -0.2) is 18.5 Å². The fraction of sp³-hybridized carbons (Fsp3) is 0.450. The molecule has 0 radical (unpaired) electrons. The molecule has 0 amide bonds. The van der Waals surface area contributed by atoms with Crippen LogP contribution in [0, 0.1) is 0 Å². The van der Waals surface area contributed by atoms with Crippen molar-refractivity contribution in [3.05, 3.63) is 52.9 Å². The summed E-state index contributed by atoms with van der Waals surface area (Å²) in [4.78, 5) is 7.98. The fourth-order valence-corrected chi connectivity index (χ4v) is 5.16. The van der Waals surface area contributed by atoms with Crippen molar-refractivity contribution >= 4 is 51.3 Å². The van der Waals surface area contributed by atoms with E-state index in [4.69, 9.17) is 5.14 Å². The number of likely N-dealkylation sites (tertiary alicyclic amines) is 1. The van der Waals surface area contributed by atoms with Gasteiger partial charge < -0.3 is 10.6 Å². The van der Waals surface area contributed by atoms with E-state index in [9.17, 15) is 8.42 Å². The monoisotopic (exact) mass is 563 g/mol. The molecule has 1 atom stereocenters. The van der Waals surface area contributed by atoms with Crippen molar-refractivity contribution in [2.45, 2.75) is 43.1 Å². The molecular formula is C20H30IN5O2S2. The van der Waals surface area contributed by atoms with Crippen LogP contribution in [-0.4, -0.2) is 45.0 Å². The number of hydrogen-bond acceptors (Lipinski definition) is 5. The van der Waals surface area contributed by atoms with Gasteiger partial charge in [-0.1, -0.05) is 30.3 Å². The molecule has 10 heteroatoms. The molecule has 1 aromatic carbocycles. The van der Waals surface area contributed by atoms with E-state index in [0.717, 1.165) is 48.4 Å². The molecule has 1 aliphatic heterocycles. The van der Waals surface area contributed by atoms with Crippen molar-refractivity contribution < 1.29 is 8.42 Å². The summed E-state index contributed by atoms with van der Waals surface area (Å²) < 4.78 is 23.0. The second kappa shape index (κ2) is 12.0. The minimum Gasteiger partial charge on any atom is -0.357 e. The third kappa shape index (κ3) is 7.49. The first kappa shape index (κ1) is 25.1. The molecule has 2 heterocycles. The number of aliphatic imine (C=N–C) groups is 1. The quantitative estimate of drug-likeness (QED) is 0.261. The molecule has 3 rings (SSSR count). The first-order chi connectivity index (χ1) is 14.0. The fourth-order valence-electron chi connectivity index (χ4n) is 3.46. The third-order valence-corrected chi connectivity index (χ3v) is 7.40. The molecule has 1 fully saturated rings. The Morgan fingerprint density at radius 1 is 1.23 bits per heavy atom. The van der Waals surface area contributed by atoms with Crippen molar-refractivity contribution in [2.75, 3.05) is 19.6 Å². The maximum atomic E-state index is 11.4. The number of nitrogens with two attached hydrogens (primary N) is 1. The summed E-state index contributed by atoms with van der Waals surface area (Å²) in [7, 11) is -3.65. The Balaban J connectivity index is 0.00000320. The first-order valence-electron chi connectivity index (χ1n) is 9.87.